The zero-order chi connectivity index (χ0) is 12.4. The number of rotatable bonds is 7. The van der Waals surface area contributed by atoms with Crippen LogP contribution >= 0.6 is 0 Å². The third-order valence-electron chi connectivity index (χ3n) is 2.47. The van der Waals surface area contributed by atoms with Crippen LogP contribution in [-0.2, 0) is 9.53 Å². The summed E-state index contributed by atoms with van der Waals surface area (Å²) in [7, 11) is 1.39. The summed E-state index contributed by atoms with van der Waals surface area (Å²) in [4.78, 5) is 10.8. The lowest BCUT2D eigenvalue weighted by molar-refractivity contribution is -0.134. The van der Waals surface area contributed by atoms with Gasteiger partial charge in [-0.15, -0.1) is 0 Å². The Bertz CT molecular complexity index is 257. The summed E-state index contributed by atoms with van der Waals surface area (Å²) in [6.45, 7) is 4.85. The fourth-order valence-electron chi connectivity index (χ4n) is 1.28. The number of ether oxygens (including phenoxy) is 1. The minimum absolute atomic E-state index is 0.286. The van der Waals surface area contributed by atoms with E-state index in [0.717, 1.165) is 19.3 Å². The number of esters is 1. The summed E-state index contributed by atoms with van der Waals surface area (Å²) in [5, 5.41) is 0. The van der Waals surface area contributed by atoms with Crippen LogP contribution < -0.4 is 5.73 Å². The van der Waals surface area contributed by atoms with Gasteiger partial charge in [0, 0.05) is 12.6 Å². The van der Waals surface area contributed by atoms with E-state index in [4.69, 9.17) is 5.73 Å². The number of nitrogens with two attached hydrogens (primary N) is 1. The van der Waals surface area contributed by atoms with E-state index in [2.05, 4.69) is 17.7 Å². The maximum absolute atomic E-state index is 10.8. The van der Waals surface area contributed by atoms with E-state index in [1.807, 2.05) is 13.0 Å². The molecule has 0 aliphatic carbocycles. The van der Waals surface area contributed by atoms with Crippen molar-refractivity contribution in [3.63, 3.8) is 0 Å². The molecule has 3 heteroatoms. The van der Waals surface area contributed by atoms with Gasteiger partial charge in [0.25, 0.3) is 0 Å². The van der Waals surface area contributed by atoms with Gasteiger partial charge >= 0.3 is 5.97 Å². The molecule has 0 aromatic carbocycles. The van der Waals surface area contributed by atoms with Crippen molar-refractivity contribution in [3.8, 4) is 0 Å². The molecular weight excluding hydrogens is 202 g/mol. The number of hydrogen-bond acceptors (Lipinski definition) is 3. The molecule has 0 aliphatic heterocycles. The molecular formula is C13H23NO2. The molecule has 0 radical (unpaired) electrons. The van der Waals surface area contributed by atoms with Crippen molar-refractivity contribution in [1.29, 1.82) is 0 Å². The Hall–Kier alpha value is -1.09. The topological polar surface area (TPSA) is 52.3 Å². The molecule has 1 atom stereocenters. The van der Waals surface area contributed by atoms with Gasteiger partial charge in [-0.25, -0.2) is 4.79 Å². The lowest BCUT2D eigenvalue weighted by Gasteiger charge is -2.06. The van der Waals surface area contributed by atoms with E-state index in [9.17, 15) is 4.79 Å². The molecule has 0 saturated carbocycles. The third-order valence-corrected chi connectivity index (χ3v) is 2.47. The molecule has 16 heavy (non-hydrogen) atoms. The lowest BCUT2D eigenvalue weighted by atomic mass is 10.0. The molecule has 0 aromatic rings. The predicted molar refractivity (Wildman–Crippen MR) is 67.0 cm³/mol. The molecule has 0 aliphatic rings. The molecule has 0 heterocycles. The first-order valence-electron chi connectivity index (χ1n) is 5.70. The number of methoxy groups -OCH3 is 1. The van der Waals surface area contributed by atoms with Gasteiger partial charge in [-0.2, -0.15) is 0 Å². The van der Waals surface area contributed by atoms with Gasteiger partial charge in [0.2, 0.25) is 0 Å². The second-order valence-corrected chi connectivity index (χ2v) is 4.10. The molecule has 2 N–H and O–H groups in total. The van der Waals surface area contributed by atoms with Crippen LogP contribution in [0.3, 0.4) is 0 Å². The average molecular weight is 225 g/mol. The molecule has 0 rings (SSSR count). The van der Waals surface area contributed by atoms with Gasteiger partial charge in [-0.05, 0) is 32.1 Å². The minimum atomic E-state index is -0.286. The molecule has 3 nitrogen and oxygen atoms in total. The summed E-state index contributed by atoms with van der Waals surface area (Å²) >= 11 is 0. The summed E-state index contributed by atoms with van der Waals surface area (Å²) in [6.07, 6.45) is 8.61. The number of carbonyl (C=O) groups excluding carboxylic acids is 1. The van der Waals surface area contributed by atoms with E-state index in [0.29, 0.717) is 12.5 Å². The first kappa shape index (κ1) is 14.9. The highest BCUT2D eigenvalue weighted by atomic mass is 16.5. The molecule has 0 bridgehead atoms. The van der Waals surface area contributed by atoms with Crippen molar-refractivity contribution in [1.82, 2.24) is 0 Å². The van der Waals surface area contributed by atoms with Crippen LogP contribution in [0.25, 0.3) is 0 Å². The normalized spacial score (nSPS) is 14.1. The van der Waals surface area contributed by atoms with E-state index in [1.54, 1.807) is 0 Å². The standard InChI is InChI=1S/C13H23NO2/c1-11(6-4-8-12(2)10-14)7-5-9-13(15)16-3/h5,8-9,11H,4,6-7,10,14H2,1-3H3. The molecule has 0 fully saturated rings. The Labute approximate surface area is 98.4 Å². The maximum atomic E-state index is 10.8. The lowest BCUT2D eigenvalue weighted by Crippen LogP contribution is -2.00. The predicted octanol–water partition coefficient (Wildman–Crippen LogP) is 2.43. The van der Waals surface area contributed by atoms with Crippen LogP contribution in [0.5, 0.6) is 0 Å². The van der Waals surface area contributed by atoms with E-state index >= 15 is 0 Å². The van der Waals surface area contributed by atoms with E-state index in [1.165, 1.54) is 18.8 Å². The second kappa shape index (κ2) is 9.16. The highest BCUT2D eigenvalue weighted by molar-refractivity contribution is 5.81. The largest absolute Gasteiger partial charge is 0.466 e. The van der Waals surface area contributed by atoms with E-state index in [-0.39, 0.29) is 5.97 Å². The molecule has 0 saturated heterocycles. The van der Waals surface area contributed by atoms with Crippen molar-refractivity contribution in [2.24, 2.45) is 11.7 Å². The van der Waals surface area contributed by atoms with Gasteiger partial charge in [0.1, 0.15) is 0 Å². The van der Waals surface area contributed by atoms with Crippen LogP contribution in [0.1, 0.15) is 33.1 Å². The van der Waals surface area contributed by atoms with Gasteiger partial charge in [-0.3, -0.25) is 0 Å². The van der Waals surface area contributed by atoms with Crippen LogP contribution in [-0.4, -0.2) is 19.6 Å². The van der Waals surface area contributed by atoms with Gasteiger partial charge in [0.05, 0.1) is 7.11 Å². The smallest absolute Gasteiger partial charge is 0.330 e. The minimum Gasteiger partial charge on any atom is -0.466 e. The first-order chi connectivity index (χ1) is 7.60. The molecule has 0 amide bonds. The van der Waals surface area contributed by atoms with Gasteiger partial charge in [0.15, 0.2) is 0 Å². The maximum Gasteiger partial charge on any atom is 0.330 e. The van der Waals surface area contributed by atoms with Crippen molar-refractivity contribution >= 4 is 5.97 Å². The molecule has 1 unspecified atom stereocenters. The molecule has 0 aromatic heterocycles. The zero-order valence-electron chi connectivity index (χ0n) is 10.5. The summed E-state index contributed by atoms with van der Waals surface area (Å²) in [5.74, 6) is 0.286. The number of allylic oxidation sites excluding steroid dienone is 2. The fourth-order valence-corrected chi connectivity index (χ4v) is 1.28. The SMILES string of the molecule is COC(=O)C=CCC(C)CCC=C(C)CN. The zero-order valence-corrected chi connectivity index (χ0v) is 10.5. The van der Waals surface area contributed by atoms with Crippen molar-refractivity contribution < 1.29 is 9.53 Å². The van der Waals surface area contributed by atoms with Crippen molar-refractivity contribution in [2.75, 3.05) is 13.7 Å². The summed E-state index contributed by atoms with van der Waals surface area (Å²) in [5.41, 5.74) is 6.72. The highest BCUT2D eigenvalue weighted by Gasteiger charge is 1.99. The van der Waals surface area contributed by atoms with Crippen molar-refractivity contribution in [3.05, 3.63) is 23.8 Å². The van der Waals surface area contributed by atoms with Gasteiger partial charge in [-0.1, -0.05) is 24.6 Å². The quantitative estimate of drug-likeness (QED) is 0.411. The van der Waals surface area contributed by atoms with Crippen LogP contribution in [0.2, 0.25) is 0 Å². The molecule has 92 valence electrons. The number of carbonyl (C=O) groups is 1. The average Bonchev–Trinajstić information content (AvgIpc) is 2.28. The van der Waals surface area contributed by atoms with Gasteiger partial charge < -0.3 is 10.5 Å². The summed E-state index contributed by atoms with van der Waals surface area (Å²) in [6, 6.07) is 0. The second-order valence-electron chi connectivity index (χ2n) is 4.10. The van der Waals surface area contributed by atoms with E-state index < -0.39 is 0 Å². The third kappa shape index (κ3) is 8.24. The van der Waals surface area contributed by atoms with Crippen LogP contribution in [0.15, 0.2) is 23.8 Å². The fraction of sp³-hybridized carbons (Fsp3) is 0.615. The van der Waals surface area contributed by atoms with Crippen LogP contribution in [0, 0.1) is 5.92 Å². The highest BCUT2D eigenvalue weighted by Crippen LogP contribution is 2.12. The first-order valence-corrected chi connectivity index (χ1v) is 5.70. The molecule has 0 spiro atoms. The Morgan fingerprint density at radius 1 is 1.50 bits per heavy atom. The Morgan fingerprint density at radius 2 is 2.19 bits per heavy atom. The Morgan fingerprint density at radius 3 is 2.75 bits per heavy atom. The number of hydrogen-bond donors (Lipinski definition) is 1. The van der Waals surface area contributed by atoms with Crippen molar-refractivity contribution in [2.45, 2.75) is 33.1 Å². The summed E-state index contributed by atoms with van der Waals surface area (Å²) < 4.78 is 4.51. The Balaban J connectivity index is 3.71. The monoisotopic (exact) mass is 225 g/mol. The van der Waals surface area contributed by atoms with Crippen LogP contribution in [0.4, 0.5) is 0 Å². The Kier molecular flexibility index (Phi) is 8.53.